The first-order valence-electron chi connectivity index (χ1n) is 8.55. The first-order valence-corrected chi connectivity index (χ1v) is 8.55. The van der Waals surface area contributed by atoms with E-state index in [-0.39, 0.29) is 17.9 Å². The molecule has 0 bridgehead atoms. The number of hydrogen-bond acceptors (Lipinski definition) is 5. The van der Waals surface area contributed by atoms with Crippen LogP contribution in [-0.2, 0) is 24.4 Å². The summed E-state index contributed by atoms with van der Waals surface area (Å²) in [6.45, 7) is 5.67. The highest BCUT2D eigenvalue weighted by Gasteiger charge is 2.10. The van der Waals surface area contributed by atoms with Gasteiger partial charge in [-0.25, -0.2) is 4.79 Å². The molecule has 0 fully saturated rings. The molecule has 1 amide bonds. The highest BCUT2D eigenvalue weighted by molar-refractivity contribution is 5.90. The van der Waals surface area contributed by atoms with Crippen molar-refractivity contribution in [1.82, 2.24) is 29.3 Å². The molecule has 0 radical (unpaired) electrons. The van der Waals surface area contributed by atoms with Crippen molar-refractivity contribution in [1.29, 1.82) is 0 Å². The third kappa shape index (κ3) is 4.60. The van der Waals surface area contributed by atoms with Gasteiger partial charge < -0.3 is 10.4 Å². The Morgan fingerprint density at radius 3 is 2.56 bits per heavy atom. The first kappa shape index (κ1) is 18.4. The fourth-order valence-electron chi connectivity index (χ4n) is 2.60. The third-order valence-corrected chi connectivity index (χ3v) is 4.07. The second-order valence-electron chi connectivity index (χ2n) is 6.12. The van der Waals surface area contributed by atoms with Gasteiger partial charge in [0.15, 0.2) is 0 Å². The lowest BCUT2D eigenvalue weighted by Gasteiger charge is -2.03. The molecule has 27 heavy (non-hydrogen) atoms. The number of aromatic carboxylic acids is 1. The topological polar surface area (TPSA) is 120 Å². The highest BCUT2D eigenvalue weighted by atomic mass is 16.4. The number of nitrogens with zero attached hydrogens (tertiary/aromatic N) is 6. The molecule has 2 N–H and O–H groups in total. The van der Waals surface area contributed by atoms with E-state index in [0.29, 0.717) is 18.8 Å². The van der Waals surface area contributed by atoms with E-state index in [1.807, 2.05) is 24.7 Å². The number of hydrogen-bond donors (Lipinski definition) is 2. The number of anilines is 1. The van der Waals surface area contributed by atoms with Crippen LogP contribution in [0.25, 0.3) is 0 Å². The van der Waals surface area contributed by atoms with Gasteiger partial charge in [0.05, 0.1) is 35.9 Å². The summed E-state index contributed by atoms with van der Waals surface area (Å²) < 4.78 is 5.05. The Balaban J connectivity index is 1.52. The molecule has 0 aromatic carbocycles. The Bertz CT molecular complexity index is 954. The van der Waals surface area contributed by atoms with Crippen LogP contribution in [-0.4, -0.2) is 46.3 Å². The van der Waals surface area contributed by atoms with Crippen molar-refractivity contribution < 1.29 is 14.7 Å². The number of aromatic nitrogens is 6. The van der Waals surface area contributed by atoms with Crippen LogP contribution >= 0.6 is 0 Å². The molecule has 0 unspecified atom stereocenters. The third-order valence-electron chi connectivity index (χ3n) is 4.07. The second-order valence-corrected chi connectivity index (χ2v) is 6.12. The Labute approximate surface area is 155 Å². The zero-order chi connectivity index (χ0) is 19.4. The second kappa shape index (κ2) is 7.85. The summed E-state index contributed by atoms with van der Waals surface area (Å²) in [7, 11) is 0. The summed E-state index contributed by atoms with van der Waals surface area (Å²) >= 11 is 0. The van der Waals surface area contributed by atoms with Gasteiger partial charge in [0.1, 0.15) is 0 Å². The minimum atomic E-state index is -1.04. The van der Waals surface area contributed by atoms with E-state index in [0.717, 1.165) is 17.8 Å². The van der Waals surface area contributed by atoms with E-state index < -0.39 is 5.97 Å². The lowest BCUT2D eigenvalue weighted by atomic mass is 10.3. The highest BCUT2D eigenvalue weighted by Crippen LogP contribution is 2.11. The van der Waals surface area contributed by atoms with Gasteiger partial charge in [-0.2, -0.15) is 15.3 Å². The summed E-state index contributed by atoms with van der Waals surface area (Å²) in [6, 6.07) is 0. The van der Waals surface area contributed by atoms with Crippen molar-refractivity contribution in [2.45, 2.75) is 39.9 Å². The maximum atomic E-state index is 12.1. The molecule has 0 saturated carbocycles. The van der Waals surface area contributed by atoms with E-state index in [9.17, 15) is 9.59 Å². The molecule has 3 aromatic heterocycles. The fourth-order valence-corrected chi connectivity index (χ4v) is 2.60. The lowest BCUT2D eigenvalue weighted by Crippen LogP contribution is -2.14. The summed E-state index contributed by atoms with van der Waals surface area (Å²) in [5, 5.41) is 24.2. The van der Waals surface area contributed by atoms with Crippen molar-refractivity contribution in [2.75, 3.05) is 5.32 Å². The van der Waals surface area contributed by atoms with Gasteiger partial charge in [-0.3, -0.25) is 18.8 Å². The molecule has 142 valence electrons. The van der Waals surface area contributed by atoms with Crippen LogP contribution in [0.2, 0.25) is 0 Å². The molecule has 10 nitrogen and oxygen atoms in total. The Morgan fingerprint density at radius 1 is 1.11 bits per heavy atom. The number of carbonyl (C=O) groups is 2. The van der Waals surface area contributed by atoms with Crippen LogP contribution in [0.15, 0.2) is 31.0 Å². The summed E-state index contributed by atoms with van der Waals surface area (Å²) in [6.07, 6.45) is 8.17. The predicted octanol–water partition coefficient (Wildman–Crippen LogP) is 1.38. The van der Waals surface area contributed by atoms with Gasteiger partial charge in [0.2, 0.25) is 5.91 Å². The van der Waals surface area contributed by atoms with E-state index >= 15 is 0 Å². The Kier molecular flexibility index (Phi) is 5.34. The van der Waals surface area contributed by atoms with Gasteiger partial charge in [0, 0.05) is 43.7 Å². The molecule has 0 atom stereocenters. The van der Waals surface area contributed by atoms with Crippen molar-refractivity contribution in [3.8, 4) is 0 Å². The molecule has 0 spiro atoms. The van der Waals surface area contributed by atoms with Crippen LogP contribution in [0.5, 0.6) is 0 Å². The number of nitrogens with one attached hydrogen (secondary N) is 1. The maximum absolute atomic E-state index is 12.1. The minimum Gasteiger partial charge on any atom is -0.478 e. The van der Waals surface area contributed by atoms with Crippen LogP contribution in [0.1, 0.15) is 35.0 Å². The molecular formula is C17H21N7O3. The van der Waals surface area contributed by atoms with E-state index in [2.05, 4.69) is 20.6 Å². The predicted molar refractivity (Wildman–Crippen MR) is 96.4 cm³/mol. The number of carboxylic acid groups (broad SMARTS) is 1. The smallest absolute Gasteiger partial charge is 0.338 e. The van der Waals surface area contributed by atoms with Crippen molar-refractivity contribution in [3.63, 3.8) is 0 Å². The van der Waals surface area contributed by atoms with Crippen molar-refractivity contribution in [2.24, 2.45) is 0 Å². The number of rotatable bonds is 8. The zero-order valence-electron chi connectivity index (χ0n) is 15.2. The van der Waals surface area contributed by atoms with E-state index in [4.69, 9.17) is 5.11 Å². The minimum absolute atomic E-state index is 0.0957. The molecule has 10 heteroatoms. The standard InChI is InChI=1S/C17H21N7O3/c1-3-22-9-14(12(2)21-22)10-24-11-15(7-19-24)20-16(25)4-5-23-8-13(6-18-23)17(26)27/h6-9,11H,3-5,10H2,1-2H3,(H,20,25)(H,26,27). The molecule has 3 heterocycles. The van der Waals surface area contributed by atoms with E-state index in [1.165, 1.54) is 17.1 Å². The number of amides is 1. The zero-order valence-corrected chi connectivity index (χ0v) is 15.2. The first-order chi connectivity index (χ1) is 12.9. The summed E-state index contributed by atoms with van der Waals surface area (Å²) in [4.78, 5) is 22.9. The van der Waals surface area contributed by atoms with Gasteiger partial charge in [-0.15, -0.1) is 0 Å². The average molecular weight is 371 g/mol. The van der Waals surface area contributed by atoms with Crippen LogP contribution in [0.4, 0.5) is 5.69 Å². The number of aryl methyl sites for hydroxylation is 3. The van der Waals surface area contributed by atoms with Crippen molar-refractivity contribution in [3.05, 3.63) is 47.8 Å². The Morgan fingerprint density at radius 2 is 1.89 bits per heavy atom. The SMILES string of the molecule is CCn1cc(Cn2cc(NC(=O)CCn3cc(C(=O)O)cn3)cn2)c(C)n1. The molecule has 0 aliphatic rings. The quantitative estimate of drug-likeness (QED) is 0.617. The molecular weight excluding hydrogens is 350 g/mol. The van der Waals surface area contributed by atoms with E-state index in [1.54, 1.807) is 17.1 Å². The normalized spacial score (nSPS) is 10.9. The van der Waals surface area contributed by atoms with Gasteiger partial charge in [0.25, 0.3) is 0 Å². The Hall–Kier alpha value is -3.43. The van der Waals surface area contributed by atoms with Crippen LogP contribution < -0.4 is 5.32 Å². The monoisotopic (exact) mass is 371 g/mol. The molecule has 0 aliphatic heterocycles. The molecule has 3 rings (SSSR count). The molecule has 0 saturated heterocycles. The largest absolute Gasteiger partial charge is 0.478 e. The number of carbonyl (C=O) groups excluding carboxylic acids is 1. The van der Waals surface area contributed by atoms with Crippen molar-refractivity contribution >= 4 is 17.6 Å². The molecule has 3 aromatic rings. The van der Waals surface area contributed by atoms with Gasteiger partial charge in [-0.05, 0) is 13.8 Å². The maximum Gasteiger partial charge on any atom is 0.338 e. The van der Waals surface area contributed by atoms with Gasteiger partial charge in [-0.1, -0.05) is 0 Å². The van der Waals surface area contributed by atoms with Crippen LogP contribution in [0.3, 0.4) is 0 Å². The summed E-state index contributed by atoms with van der Waals surface area (Å²) in [5.41, 5.74) is 2.73. The van der Waals surface area contributed by atoms with Gasteiger partial charge >= 0.3 is 5.97 Å². The molecule has 0 aliphatic carbocycles. The van der Waals surface area contributed by atoms with Crippen LogP contribution in [0, 0.1) is 6.92 Å². The number of carboxylic acids is 1. The fraction of sp³-hybridized carbons (Fsp3) is 0.353. The average Bonchev–Trinajstić information content (AvgIpc) is 3.34. The summed E-state index contributed by atoms with van der Waals surface area (Å²) in [5.74, 6) is -1.24. The lowest BCUT2D eigenvalue weighted by molar-refractivity contribution is -0.116.